The van der Waals surface area contributed by atoms with Gasteiger partial charge in [0.25, 0.3) is 0 Å². The molecule has 2 amide bonds. The van der Waals surface area contributed by atoms with Crippen LogP contribution < -0.4 is 22.1 Å². The third kappa shape index (κ3) is 2.96. The largest absolute Gasteiger partial charge is 0.347 e. The first-order valence-electron chi connectivity index (χ1n) is 4.51. The zero-order chi connectivity index (χ0) is 12.0. The van der Waals surface area contributed by atoms with Crippen molar-refractivity contribution in [1.29, 1.82) is 0 Å². The first-order chi connectivity index (χ1) is 7.69. The van der Waals surface area contributed by atoms with Crippen molar-refractivity contribution >= 4 is 11.7 Å². The third-order valence-electron chi connectivity index (χ3n) is 1.83. The first kappa shape index (κ1) is 12.0. The van der Waals surface area contributed by atoms with Crippen LogP contribution in [-0.2, 0) is 6.42 Å². The molecule has 5 N–H and O–H groups in total. The molecular formula is C10H12FN4O. The molecule has 1 rings (SSSR count). The Morgan fingerprint density at radius 2 is 2.44 bits per heavy atom. The molecule has 0 aliphatic heterocycles. The van der Waals surface area contributed by atoms with Crippen LogP contribution >= 0.6 is 0 Å². The van der Waals surface area contributed by atoms with Gasteiger partial charge in [-0.3, -0.25) is 16.3 Å². The van der Waals surface area contributed by atoms with Crippen LogP contribution in [-0.4, -0.2) is 6.03 Å². The number of amides is 2. The number of urea groups is 1. The molecule has 1 aromatic rings. The van der Waals surface area contributed by atoms with Crippen LogP contribution in [0.2, 0.25) is 0 Å². The predicted molar refractivity (Wildman–Crippen MR) is 58.6 cm³/mol. The minimum Gasteiger partial charge on any atom is -0.294 e. The summed E-state index contributed by atoms with van der Waals surface area (Å²) in [5.41, 5.74) is 7.23. The van der Waals surface area contributed by atoms with Gasteiger partial charge in [-0.15, -0.1) is 6.58 Å². The Morgan fingerprint density at radius 1 is 1.69 bits per heavy atom. The van der Waals surface area contributed by atoms with Crippen molar-refractivity contribution in [2.75, 3.05) is 5.43 Å². The first-order valence-corrected chi connectivity index (χ1v) is 4.51. The van der Waals surface area contributed by atoms with Crippen molar-refractivity contribution in [2.24, 2.45) is 5.84 Å². The van der Waals surface area contributed by atoms with E-state index in [-0.39, 0.29) is 5.69 Å². The fourth-order valence-electron chi connectivity index (χ4n) is 1.13. The molecule has 0 saturated carbocycles. The van der Waals surface area contributed by atoms with Gasteiger partial charge in [0.2, 0.25) is 0 Å². The quantitative estimate of drug-likeness (QED) is 0.264. The smallest absolute Gasteiger partial charge is 0.294 e. The third-order valence-corrected chi connectivity index (χ3v) is 1.83. The van der Waals surface area contributed by atoms with Crippen LogP contribution in [0.3, 0.4) is 0 Å². The summed E-state index contributed by atoms with van der Waals surface area (Å²) in [6.45, 7) is 3.56. The molecule has 1 radical (unpaired) electrons. The minimum absolute atomic E-state index is 0.144. The zero-order valence-corrected chi connectivity index (χ0v) is 8.51. The van der Waals surface area contributed by atoms with Crippen molar-refractivity contribution in [1.82, 2.24) is 10.9 Å². The summed E-state index contributed by atoms with van der Waals surface area (Å²) in [4.78, 5) is 10.8. The van der Waals surface area contributed by atoms with Crippen LogP contribution in [0.25, 0.3) is 0 Å². The lowest BCUT2D eigenvalue weighted by Gasteiger charge is -2.12. The summed E-state index contributed by atoms with van der Waals surface area (Å²) in [6, 6.07) is 4.84. The second-order valence-electron chi connectivity index (χ2n) is 2.91. The molecule has 0 aromatic heterocycles. The maximum Gasteiger partial charge on any atom is 0.347 e. The maximum atomic E-state index is 13.4. The Morgan fingerprint density at radius 3 is 3.06 bits per heavy atom. The SMILES string of the molecule is C=CCc1cc[c]c(F)c1NNC(=O)NN. The number of carbonyl (C=O) groups excluding carboxylic acids is 1. The standard InChI is InChI=1S/C10H12FN4O/c1-2-4-7-5-3-6-8(11)9(7)14-15-10(16)13-12/h2-3,5,14H,1,4,12H2,(H2,13,15,16). The molecule has 1 aromatic carbocycles. The van der Waals surface area contributed by atoms with Gasteiger partial charge in [0.15, 0.2) is 5.82 Å². The van der Waals surface area contributed by atoms with Gasteiger partial charge in [-0.2, -0.15) is 0 Å². The second kappa shape index (κ2) is 5.72. The van der Waals surface area contributed by atoms with Crippen molar-refractivity contribution in [2.45, 2.75) is 6.42 Å². The van der Waals surface area contributed by atoms with Gasteiger partial charge in [0, 0.05) is 6.07 Å². The summed E-state index contributed by atoms with van der Waals surface area (Å²) in [5.74, 6) is 4.26. The summed E-state index contributed by atoms with van der Waals surface area (Å²) in [7, 11) is 0. The number of hydrazine groups is 2. The van der Waals surface area contributed by atoms with Gasteiger partial charge < -0.3 is 0 Å². The van der Waals surface area contributed by atoms with E-state index in [1.54, 1.807) is 12.1 Å². The summed E-state index contributed by atoms with van der Waals surface area (Å²) in [6.07, 6.45) is 2.10. The number of allylic oxidation sites excluding steroid dienone is 1. The highest BCUT2D eigenvalue weighted by molar-refractivity contribution is 5.75. The highest BCUT2D eigenvalue weighted by atomic mass is 19.1. The molecule has 5 nitrogen and oxygen atoms in total. The van der Waals surface area contributed by atoms with E-state index in [9.17, 15) is 9.18 Å². The van der Waals surface area contributed by atoms with Crippen molar-refractivity contribution < 1.29 is 9.18 Å². The van der Waals surface area contributed by atoms with Crippen molar-refractivity contribution in [3.8, 4) is 0 Å². The molecule has 0 spiro atoms. The Bertz CT molecular complexity index is 394. The topological polar surface area (TPSA) is 79.2 Å². The lowest BCUT2D eigenvalue weighted by Crippen LogP contribution is -2.42. The van der Waals surface area contributed by atoms with Gasteiger partial charge in [-0.25, -0.2) is 15.0 Å². The molecular weight excluding hydrogens is 211 g/mol. The van der Waals surface area contributed by atoms with Crippen LogP contribution in [0, 0.1) is 11.9 Å². The number of benzene rings is 1. The molecule has 6 heteroatoms. The Balaban J connectivity index is 2.83. The van der Waals surface area contributed by atoms with Gasteiger partial charge in [-0.05, 0) is 12.0 Å². The zero-order valence-electron chi connectivity index (χ0n) is 8.51. The molecule has 0 saturated heterocycles. The highest BCUT2D eigenvalue weighted by Crippen LogP contribution is 2.19. The average Bonchev–Trinajstić information content (AvgIpc) is 2.28. The molecule has 85 valence electrons. The Labute approximate surface area is 92.5 Å². The molecule has 0 unspecified atom stereocenters. The minimum atomic E-state index is -0.673. The van der Waals surface area contributed by atoms with Crippen molar-refractivity contribution in [3.05, 3.63) is 42.2 Å². The number of nitrogens with two attached hydrogens (primary N) is 1. The van der Waals surface area contributed by atoms with E-state index in [2.05, 4.69) is 23.5 Å². The number of hydrogen-bond donors (Lipinski definition) is 4. The lowest BCUT2D eigenvalue weighted by atomic mass is 10.1. The fraction of sp³-hybridized carbons (Fsp3) is 0.100. The van der Waals surface area contributed by atoms with Crippen LogP contribution in [0.1, 0.15) is 5.56 Å². The van der Waals surface area contributed by atoms with Gasteiger partial charge in [-0.1, -0.05) is 18.2 Å². The number of hydrogen-bond acceptors (Lipinski definition) is 3. The van der Waals surface area contributed by atoms with E-state index in [0.717, 1.165) is 0 Å². The Kier molecular flexibility index (Phi) is 4.28. The summed E-state index contributed by atoms with van der Waals surface area (Å²) >= 11 is 0. The molecule has 0 heterocycles. The van der Waals surface area contributed by atoms with Crippen LogP contribution in [0.15, 0.2) is 24.8 Å². The molecule has 0 fully saturated rings. The van der Waals surface area contributed by atoms with Crippen LogP contribution in [0.5, 0.6) is 0 Å². The highest BCUT2D eigenvalue weighted by Gasteiger charge is 2.07. The monoisotopic (exact) mass is 223 g/mol. The van der Waals surface area contributed by atoms with Crippen molar-refractivity contribution in [3.63, 3.8) is 0 Å². The number of rotatable bonds is 4. The molecule has 0 bridgehead atoms. The predicted octanol–water partition coefficient (Wildman–Crippen LogP) is 0.854. The van der Waals surface area contributed by atoms with Crippen LogP contribution in [0.4, 0.5) is 14.9 Å². The molecule has 0 aliphatic rings. The lowest BCUT2D eigenvalue weighted by molar-refractivity contribution is 0.243. The average molecular weight is 223 g/mol. The van der Waals surface area contributed by atoms with E-state index in [1.807, 2.05) is 5.43 Å². The summed E-state index contributed by atoms with van der Waals surface area (Å²) < 4.78 is 13.4. The van der Waals surface area contributed by atoms with E-state index >= 15 is 0 Å². The van der Waals surface area contributed by atoms with Gasteiger partial charge >= 0.3 is 6.03 Å². The summed E-state index contributed by atoms with van der Waals surface area (Å²) in [5, 5.41) is 0. The van der Waals surface area contributed by atoms with Gasteiger partial charge in [0.05, 0.1) is 5.69 Å². The van der Waals surface area contributed by atoms with Gasteiger partial charge in [0.1, 0.15) is 0 Å². The fourth-order valence-corrected chi connectivity index (χ4v) is 1.13. The molecule has 0 atom stereocenters. The number of nitrogens with one attached hydrogen (secondary N) is 3. The van der Waals surface area contributed by atoms with E-state index in [0.29, 0.717) is 12.0 Å². The number of anilines is 1. The maximum absolute atomic E-state index is 13.4. The molecule has 16 heavy (non-hydrogen) atoms. The second-order valence-corrected chi connectivity index (χ2v) is 2.91. The van der Waals surface area contributed by atoms with E-state index in [1.165, 1.54) is 6.07 Å². The molecule has 0 aliphatic carbocycles. The number of carbonyl (C=O) groups is 1. The Hall–Kier alpha value is -2.08. The van der Waals surface area contributed by atoms with E-state index in [4.69, 9.17) is 5.84 Å². The normalized spacial score (nSPS) is 9.38. The number of halogens is 1. The van der Waals surface area contributed by atoms with E-state index < -0.39 is 11.8 Å².